The number of nitrogens with one attached hydrogen (secondary N) is 1. The Balaban J connectivity index is 2.29. The molecule has 0 unspecified atom stereocenters. The second kappa shape index (κ2) is 5.09. The maximum Gasteiger partial charge on any atom is 0.251 e. The van der Waals surface area contributed by atoms with Crippen LogP contribution >= 0.6 is 0 Å². The van der Waals surface area contributed by atoms with Crippen molar-refractivity contribution >= 4 is 11.6 Å². The summed E-state index contributed by atoms with van der Waals surface area (Å²) in [6.45, 7) is 4.28. The molecule has 0 bridgehead atoms. The SMILES string of the molecule is CCCC1=CCNC2=C1C(=O)c1c(C)cc(=O)n(C)c1C2=O. The molecule has 0 aromatic carbocycles. The molecule has 2 aliphatic rings. The average molecular weight is 298 g/mol. The molecular formula is C17H18N2O3. The van der Waals surface area contributed by atoms with Gasteiger partial charge in [-0.25, -0.2) is 0 Å². The lowest BCUT2D eigenvalue weighted by atomic mass is 9.81. The zero-order chi connectivity index (χ0) is 16.0. The molecule has 0 amide bonds. The maximum absolute atomic E-state index is 13.0. The minimum atomic E-state index is -0.276. The van der Waals surface area contributed by atoms with Crippen LogP contribution in [-0.2, 0) is 7.05 Å². The summed E-state index contributed by atoms with van der Waals surface area (Å²) in [6, 6.07) is 1.41. The molecule has 5 nitrogen and oxygen atoms in total. The average Bonchev–Trinajstić information content (AvgIpc) is 2.48. The highest BCUT2D eigenvalue weighted by Gasteiger charge is 2.37. The lowest BCUT2D eigenvalue weighted by Crippen LogP contribution is -2.38. The Labute approximate surface area is 128 Å². The van der Waals surface area contributed by atoms with Crippen LogP contribution in [0.4, 0.5) is 0 Å². The Kier molecular flexibility index (Phi) is 3.35. The molecule has 1 aromatic heterocycles. The number of dihydropyridines is 1. The van der Waals surface area contributed by atoms with E-state index in [0.29, 0.717) is 28.9 Å². The number of nitrogens with zero attached hydrogens (tertiary/aromatic N) is 1. The van der Waals surface area contributed by atoms with Gasteiger partial charge in [0, 0.05) is 19.7 Å². The highest BCUT2D eigenvalue weighted by Crippen LogP contribution is 2.33. The molecule has 0 radical (unpaired) electrons. The predicted molar refractivity (Wildman–Crippen MR) is 83.1 cm³/mol. The highest BCUT2D eigenvalue weighted by atomic mass is 16.1. The molecule has 1 aliphatic heterocycles. The Morgan fingerprint density at radius 2 is 1.95 bits per heavy atom. The van der Waals surface area contributed by atoms with Crippen LogP contribution in [0.15, 0.2) is 33.8 Å². The Morgan fingerprint density at radius 3 is 2.64 bits per heavy atom. The highest BCUT2D eigenvalue weighted by molar-refractivity contribution is 6.28. The first-order valence-corrected chi connectivity index (χ1v) is 7.45. The summed E-state index contributed by atoms with van der Waals surface area (Å²) in [4.78, 5) is 37.7. The van der Waals surface area contributed by atoms with Gasteiger partial charge in [-0.2, -0.15) is 0 Å². The summed E-state index contributed by atoms with van der Waals surface area (Å²) < 4.78 is 1.27. The van der Waals surface area contributed by atoms with Gasteiger partial charge in [0.25, 0.3) is 5.56 Å². The van der Waals surface area contributed by atoms with Gasteiger partial charge in [0.05, 0.1) is 16.8 Å². The van der Waals surface area contributed by atoms with Crippen molar-refractivity contribution in [3.63, 3.8) is 0 Å². The third-order valence-electron chi connectivity index (χ3n) is 4.25. The van der Waals surface area contributed by atoms with Crippen molar-refractivity contribution in [2.24, 2.45) is 7.05 Å². The molecule has 0 saturated carbocycles. The van der Waals surface area contributed by atoms with E-state index >= 15 is 0 Å². The first-order valence-electron chi connectivity index (χ1n) is 7.45. The van der Waals surface area contributed by atoms with E-state index < -0.39 is 0 Å². The zero-order valence-electron chi connectivity index (χ0n) is 12.9. The fourth-order valence-electron chi connectivity index (χ4n) is 3.19. The van der Waals surface area contributed by atoms with Gasteiger partial charge in [-0.1, -0.05) is 19.4 Å². The largest absolute Gasteiger partial charge is 0.378 e. The van der Waals surface area contributed by atoms with Crippen LogP contribution in [0.1, 0.15) is 46.2 Å². The quantitative estimate of drug-likeness (QED) is 0.901. The lowest BCUT2D eigenvalue weighted by Gasteiger charge is -2.28. The van der Waals surface area contributed by atoms with E-state index in [9.17, 15) is 14.4 Å². The van der Waals surface area contributed by atoms with E-state index in [2.05, 4.69) is 5.32 Å². The second-order valence-electron chi connectivity index (χ2n) is 5.72. The molecule has 0 atom stereocenters. The van der Waals surface area contributed by atoms with Gasteiger partial charge >= 0.3 is 0 Å². The topological polar surface area (TPSA) is 68.2 Å². The molecule has 22 heavy (non-hydrogen) atoms. The number of fused-ring (bicyclic) bond motifs is 1. The Morgan fingerprint density at radius 1 is 1.23 bits per heavy atom. The van der Waals surface area contributed by atoms with Crippen molar-refractivity contribution in [1.82, 2.24) is 9.88 Å². The van der Waals surface area contributed by atoms with E-state index in [-0.39, 0.29) is 22.8 Å². The van der Waals surface area contributed by atoms with Crippen molar-refractivity contribution in [3.8, 4) is 0 Å². The molecule has 0 saturated heterocycles. The number of aromatic nitrogens is 1. The summed E-state index contributed by atoms with van der Waals surface area (Å²) in [7, 11) is 1.53. The molecule has 3 rings (SSSR count). The van der Waals surface area contributed by atoms with E-state index in [1.165, 1.54) is 17.7 Å². The van der Waals surface area contributed by atoms with Gasteiger partial charge < -0.3 is 9.88 Å². The van der Waals surface area contributed by atoms with Gasteiger partial charge in [-0.05, 0) is 24.5 Å². The molecule has 0 spiro atoms. The number of ketones is 2. The number of pyridine rings is 1. The maximum atomic E-state index is 13.0. The number of rotatable bonds is 2. The first kappa shape index (κ1) is 14.5. The van der Waals surface area contributed by atoms with Gasteiger partial charge in [-0.3, -0.25) is 14.4 Å². The summed E-state index contributed by atoms with van der Waals surface area (Å²) in [6.07, 6.45) is 3.64. The van der Waals surface area contributed by atoms with Crippen molar-refractivity contribution in [1.29, 1.82) is 0 Å². The van der Waals surface area contributed by atoms with E-state index in [1.807, 2.05) is 13.0 Å². The van der Waals surface area contributed by atoms with Crippen molar-refractivity contribution in [2.45, 2.75) is 26.7 Å². The molecule has 0 fully saturated rings. The fraction of sp³-hybridized carbons (Fsp3) is 0.353. The first-order chi connectivity index (χ1) is 10.5. The summed E-state index contributed by atoms with van der Waals surface area (Å²) in [5, 5.41) is 3.01. The summed E-state index contributed by atoms with van der Waals surface area (Å²) in [5.41, 5.74) is 2.58. The molecule has 1 aliphatic carbocycles. The number of Topliss-reactive ketones (excluding diaryl/α,β-unsaturated/α-hetero) is 2. The van der Waals surface area contributed by atoms with Crippen molar-refractivity contribution in [3.05, 3.63) is 56.2 Å². The van der Waals surface area contributed by atoms with Crippen LogP contribution in [0.25, 0.3) is 0 Å². The van der Waals surface area contributed by atoms with Gasteiger partial charge in [0.1, 0.15) is 5.69 Å². The number of hydrogen-bond acceptors (Lipinski definition) is 4. The van der Waals surface area contributed by atoms with E-state index in [4.69, 9.17) is 0 Å². The molecule has 5 heteroatoms. The molecule has 1 aromatic rings. The zero-order valence-corrected chi connectivity index (χ0v) is 12.9. The van der Waals surface area contributed by atoms with Crippen LogP contribution in [0.2, 0.25) is 0 Å². The van der Waals surface area contributed by atoms with Gasteiger partial charge in [0.2, 0.25) is 5.78 Å². The second-order valence-corrected chi connectivity index (χ2v) is 5.72. The van der Waals surface area contributed by atoms with Crippen LogP contribution in [0, 0.1) is 6.92 Å². The van der Waals surface area contributed by atoms with Crippen LogP contribution < -0.4 is 10.9 Å². The van der Waals surface area contributed by atoms with Crippen LogP contribution in [0.5, 0.6) is 0 Å². The predicted octanol–water partition coefficient (Wildman–Crippen LogP) is 1.66. The third kappa shape index (κ3) is 1.89. The number of aryl methyl sites for hydroxylation is 1. The molecule has 1 N–H and O–H groups in total. The van der Waals surface area contributed by atoms with E-state index in [1.54, 1.807) is 6.92 Å². The van der Waals surface area contributed by atoms with E-state index in [0.717, 1.165) is 18.4 Å². The van der Waals surface area contributed by atoms with Gasteiger partial charge in [0.15, 0.2) is 5.78 Å². The minimum Gasteiger partial charge on any atom is -0.378 e. The third-order valence-corrected chi connectivity index (χ3v) is 4.25. The Hall–Kier alpha value is -2.43. The summed E-state index contributed by atoms with van der Waals surface area (Å²) >= 11 is 0. The monoisotopic (exact) mass is 298 g/mol. The molecular weight excluding hydrogens is 280 g/mol. The summed E-state index contributed by atoms with van der Waals surface area (Å²) in [5.74, 6) is -0.431. The smallest absolute Gasteiger partial charge is 0.251 e. The minimum absolute atomic E-state index is 0.162. The van der Waals surface area contributed by atoms with Crippen molar-refractivity contribution in [2.75, 3.05) is 6.54 Å². The number of carbonyl (C=O) groups is 2. The van der Waals surface area contributed by atoms with Gasteiger partial charge in [-0.15, -0.1) is 0 Å². The molecule has 2 heterocycles. The van der Waals surface area contributed by atoms with Crippen LogP contribution in [0.3, 0.4) is 0 Å². The lowest BCUT2D eigenvalue weighted by molar-refractivity contribution is 0.0961. The Bertz CT molecular complexity index is 825. The molecule has 114 valence electrons. The normalized spacial score (nSPS) is 17.0. The standard InChI is InChI=1S/C17H18N2O3/c1-4-5-10-6-7-18-14-13(10)16(21)12-9(2)8-11(20)19(3)15(12)17(14)22/h6,8,18H,4-5,7H2,1-3H3. The van der Waals surface area contributed by atoms with Crippen molar-refractivity contribution < 1.29 is 9.59 Å². The number of hydrogen-bond donors (Lipinski definition) is 1. The number of allylic oxidation sites excluding steroid dienone is 3. The number of carbonyl (C=O) groups excluding carboxylic acids is 2. The van der Waals surface area contributed by atoms with Crippen LogP contribution in [-0.4, -0.2) is 22.7 Å². The fourth-order valence-corrected chi connectivity index (χ4v) is 3.19.